The van der Waals surface area contributed by atoms with Crippen molar-refractivity contribution in [3.05, 3.63) is 64.7 Å². The van der Waals surface area contributed by atoms with Crippen molar-refractivity contribution in [3.63, 3.8) is 0 Å². The lowest BCUT2D eigenvalue weighted by molar-refractivity contribution is 0.102. The molecule has 0 bridgehead atoms. The number of benzene rings is 2. The summed E-state index contributed by atoms with van der Waals surface area (Å²) in [4.78, 5) is 12.4. The van der Waals surface area contributed by atoms with Crippen LogP contribution in [0.25, 0.3) is 0 Å². The van der Waals surface area contributed by atoms with Crippen molar-refractivity contribution in [2.75, 3.05) is 10.0 Å². The first-order valence-corrected chi connectivity index (χ1v) is 11.3. The minimum Gasteiger partial charge on any atom is -0.296 e. The molecule has 0 spiro atoms. The standard InChI is InChI=1S/C20H22N4O3S2/c1-12(2)15-11-7-9-14(4)17(15)24-29(26,27)20-23-22-19(28-20)21-18(25)16-10-6-5-8-13(16)3/h5-12,24H,1-4H3,(H,21,22,25). The van der Waals surface area contributed by atoms with E-state index in [0.29, 0.717) is 11.3 Å². The molecule has 0 saturated heterocycles. The number of carbonyl (C=O) groups excluding carboxylic acids is 1. The molecular formula is C20H22N4O3S2. The number of carbonyl (C=O) groups is 1. The zero-order chi connectivity index (χ0) is 21.2. The lowest BCUT2D eigenvalue weighted by Gasteiger charge is -2.16. The van der Waals surface area contributed by atoms with Crippen molar-refractivity contribution in [1.29, 1.82) is 0 Å². The molecule has 2 N–H and O–H groups in total. The van der Waals surface area contributed by atoms with E-state index < -0.39 is 10.0 Å². The van der Waals surface area contributed by atoms with Gasteiger partial charge in [0.2, 0.25) is 5.13 Å². The van der Waals surface area contributed by atoms with Crippen molar-refractivity contribution < 1.29 is 13.2 Å². The van der Waals surface area contributed by atoms with Gasteiger partial charge in [0, 0.05) is 5.56 Å². The molecule has 0 aliphatic heterocycles. The van der Waals surface area contributed by atoms with Gasteiger partial charge >= 0.3 is 0 Å². The van der Waals surface area contributed by atoms with E-state index >= 15 is 0 Å². The van der Waals surface area contributed by atoms with Crippen LogP contribution in [-0.2, 0) is 10.0 Å². The maximum absolute atomic E-state index is 12.8. The SMILES string of the molecule is Cc1ccccc1C(=O)Nc1nnc(S(=O)(=O)Nc2c(C)cccc2C(C)C)s1. The molecule has 0 radical (unpaired) electrons. The summed E-state index contributed by atoms with van der Waals surface area (Å²) in [7, 11) is -3.94. The highest BCUT2D eigenvalue weighted by Crippen LogP contribution is 2.30. The Kier molecular flexibility index (Phi) is 5.99. The number of nitrogens with zero attached hydrogens (tertiary/aromatic N) is 2. The van der Waals surface area contributed by atoms with Crippen LogP contribution in [0.5, 0.6) is 0 Å². The summed E-state index contributed by atoms with van der Waals surface area (Å²) in [5.74, 6) is -0.219. The van der Waals surface area contributed by atoms with E-state index in [1.54, 1.807) is 12.1 Å². The van der Waals surface area contributed by atoms with Crippen LogP contribution in [0.2, 0.25) is 0 Å². The fraction of sp³-hybridized carbons (Fsp3) is 0.250. The highest BCUT2D eigenvalue weighted by Gasteiger charge is 2.24. The third kappa shape index (κ3) is 4.63. The molecular weight excluding hydrogens is 408 g/mol. The lowest BCUT2D eigenvalue weighted by Crippen LogP contribution is -2.15. The Morgan fingerprint density at radius 1 is 1.00 bits per heavy atom. The zero-order valence-electron chi connectivity index (χ0n) is 16.6. The van der Waals surface area contributed by atoms with Gasteiger partial charge in [-0.15, -0.1) is 10.2 Å². The highest BCUT2D eigenvalue weighted by molar-refractivity contribution is 7.94. The van der Waals surface area contributed by atoms with Crippen LogP contribution in [0.3, 0.4) is 0 Å². The van der Waals surface area contributed by atoms with Crippen LogP contribution in [0, 0.1) is 13.8 Å². The Hall–Kier alpha value is -2.78. The van der Waals surface area contributed by atoms with Gasteiger partial charge in [-0.1, -0.05) is 61.6 Å². The van der Waals surface area contributed by atoms with Crippen LogP contribution < -0.4 is 10.0 Å². The number of hydrogen-bond donors (Lipinski definition) is 2. The number of anilines is 2. The molecule has 29 heavy (non-hydrogen) atoms. The van der Waals surface area contributed by atoms with E-state index in [9.17, 15) is 13.2 Å². The molecule has 3 aromatic rings. The Balaban J connectivity index is 1.83. The van der Waals surface area contributed by atoms with E-state index in [-0.39, 0.29) is 21.3 Å². The number of nitrogens with one attached hydrogen (secondary N) is 2. The molecule has 0 saturated carbocycles. The number of para-hydroxylation sites is 1. The summed E-state index contributed by atoms with van der Waals surface area (Å²) in [6.07, 6.45) is 0. The quantitative estimate of drug-likeness (QED) is 0.567. The van der Waals surface area contributed by atoms with Crippen molar-refractivity contribution in [2.24, 2.45) is 0 Å². The Morgan fingerprint density at radius 2 is 1.69 bits per heavy atom. The number of sulfonamides is 1. The van der Waals surface area contributed by atoms with E-state index in [1.807, 2.05) is 58.0 Å². The average Bonchev–Trinajstić information content (AvgIpc) is 3.13. The first kappa shape index (κ1) is 20.9. The van der Waals surface area contributed by atoms with Gasteiger partial charge in [0.05, 0.1) is 5.69 Å². The van der Waals surface area contributed by atoms with Gasteiger partial charge < -0.3 is 0 Å². The van der Waals surface area contributed by atoms with Gasteiger partial charge in [0.25, 0.3) is 20.3 Å². The van der Waals surface area contributed by atoms with Gasteiger partial charge in [-0.25, -0.2) is 0 Å². The Bertz CT molecular complexity index is 1150. The smallest absolute Gasteiger partial charge is 0.291 e. The van der Waals surface area contributed by atoms with E-state index in [2.05, 4.69) is 20.2 Å². The van der Waals surface area contributed by atoms with Crippen LogP contribution in [0.4, 0.5) is 10.8 Å². The lowest BCUT2D eigenvalue weighted by atomic mass is 9.99. The first-order valence-electron chi connectivity index (χ1n) is 9.02. The van der Waals surface area contributed by atoms with Gasteiger partial charge in [0.15, 0.2) is 0 Å². The van der Waals surface area contributed by atoms with Crippen LogP contribution in [-0.4, -0.2) is 24.5 Å². The highest BCUT2D eigenvalue weighted by atomic mass is 32.2. The summed E-state index contributed by atoms with van der Waals surface area (Å²) in [5.41, 5.74) is 3.56. The van der Waals surface area contributed by atoms with Crippen molar-refractivity contribution in [3.8, 4) is 0 Å². The van der Waals surface area contributed by atoms with Gasteiger partial charge in [-0.3, -0.25) is 14.8 Å². The largest absolute Gasteiger partial charge is 0.296 e. The normalized spacial score (nSPS) is 11.5. The summed E-state index contributed by atoms with van der Waals surface area (Å²) in [5, 5.41) is 10.3. The van der Waals surface area contributed by atoms with Crippen LogP contribution in [0.15, 0.2) is 46.8 Å². The number of hydrogen-bond acceptors (Lipinski definition) is 6. The number of aromatic nitrogens is 2. The second-order valence-electron chi connectivity index (χ2n) is 6.94. The molecule has 0 fully saturated rings. The molecule has 1 heterocycles. The molecule has 1 aromatic heterocycles. The average molecular weight is 431 g/mol. The predicted octanol–water partition coefficient (Wildman–Crippen LogP) is 4.33. The van der Waals surface area contributed by atoms with E-state index in [4.69, 9.17) is 0 Å². The fourth-order valence-electron chi connectivity index (χ4n) is 2.85. The monoisotopic (exact) mass is 430 g/mol. The van der Waals surface area contributed by atoms with E-state index in [1.165, 1.54) is 0 Å². The number of amides is 1. The number of aryl methyl sites for hydroxylation is 2. The first-order chi connectivity index (χ1) is 13.7. The molecule has 1 amide bonds. The summed E-state index contributed by atoms with van der Waals surface area (Å²) >= 11 is 0.803. The topological polar surface area (TPSA) is 101 Å². The van der Waals surface area contributed by atoms with Gasteiger partial charge in [0.1, 0.15) is 0 Å². The third-order valence-electron chi connectivity index (χ3n) is 4.41. The molecule has 9 heteroatoms. The maximum atomic E-state index is 12.8. The Morgan fingerprint density at radius 3 is 2.38 bits per heavy atom. The molecule has 152 valence electrons. The van der Waals surface area contributed by atoms with Crippen molar-refractivity contribution >= 4 is 38.1 Å². The Labute approximate surface area is 174 Å². The molecule has 0 unspecified atom stereocenters. The third-order valence-corrected chi connectivity index (χ3v) is 6.97. The second-order valence-corrected chi connectivity index (χ2v) is 9.78. The molecule has 0 aliphatic rings. The van der Waals surface area contributed by atoms with Crippen molar-refractivity contribution in [1.82, 2.24) is 10.2 Å². The summed E-state index contributed by atoms with van der Waals surface area (Å²) < 4.78 is 28.1. The van der Waals surface area contributed by atoms with Crippen LogP contribution in [0.1, 0.15) is 46.8 Å². The summed E-state index contributed by atoms with van der Waals surface area (Å²) in [6, 6.07) is 12.7. The predicted molar refractivity (Wildman–Crippen MR) is 115 cm³/mol. The fourth-order valence-corrected chi connectivity index (χ4v) is 4.91. The van der Waals surface area contributed by atoms with Gasteiger partial charge in [-0.2, -0.15) is 8.42 Å². The molecule has 3 rings (SSSR count). The molecule has 7 nitrogen and oxygen atoms in total. The number of rotatable bonds is 6. The van der Waals surface area contributed by atoms with Gasteiger partial charge in [-0.05, 0) is 42.5 Å². The second kappa shape index (κ2) is 8.30. The molecule has 0 atom stereocenters. The maximum Gasteiger partial charge on any atom is 0.291 e. The molecule has 0 aliphatic carbocycles. The zero-order valence-corrected chi connectivity index (χ0v) is 18.2. The molecule has 2 aromatic carbocycles. The minimum atomic E-state index is -3.94. The van der Waals surface area contributed by atoms with Crippen LogP contribution >= 0.6 is 11.3 Å². The minimum absolute atomic E-state index is 0.118. The van der Waals surface area contributed by atoms with E-state index in [0.717, 1.165) is 28.0 Å². The summed E-state index contributed by atoms with van der Waals surface area (Å²) in [6.45, 7) is 7.66. The van der Waals surface area contributed by atoms with Crippen molar-refractivity contribution in [2.45, 2.75) is 38.0 Å².